The number of carboxylic acids is 1. The number of likely N-dealkylation sites (tertiary alicyclic amines) is 1. The number of piperidine rings is 1. The lowest BCUT2D eigenvalue weighted by Gasteiger charge is -2.30. The fourth-order valence-corrected chi connectivity index (χ4v) is 2.87. The lowest BCUT2D eigenvalue weighted by molar-refractivity contribution is -0.121. The Bertz CT molecular complexity index is 840. The van der Waals surface area contributed by atoms with E-state index in [0.29, 0.717) is 31.6 Å². The van der Waals surface area contributed by atoms with Gasteiger partial charge in [0, 0.05) is 30.8 Å². The number of benzene rings is 1. The zero-order valence-electron chi connectivity index (χ0n) is 13.8. The first kappa shape index (κ1) is 17.7. The zero-order chi connectivity index (χ0) is 18.7. The van der Waals surface area contributed by atoms with Crippen molar-refractivity contribution < 1.29 is 28.3 Å². The molecule has 2 heterocycles. The van der Waals surface area contributed by atoms with Crippen LogP contribution in [0.5, 0.6) is 0 Å². The smallest absolute Gasteiger partial charge is 0.338 e. The van der Waals surface area contributed by atoms with Crippen LogP contribution in [0.15, 0.2) is 41.0 Å². The summed E-state index contributed by atoms with van der Waals surface area (Å²) in [6, 6.07) is 6.85. The summed E-state index contributed by atoms with van der Waals surface area (Å²) in [5, 5.41) is 11.5. The molecule has 7 nitrogen and oxygen atoms in total. The minimum atomic E-state index is -1.17. The molecule has 0 bridgehead atoms. The molecule has 0 spiro atoms. The molecule has 136 valence electrons. The van der Waals surface area contributed by atoms with Crippen LogP contribution in [0.4, 0.5) is 10.1 Å². The number of carbonyl (C=O) groups excluding carboxylic acids is 2. The average Bonchev–Trinajstić information content (AvgIpc) is 3.12. The quantitative estimate of drug-likeness (QED) is 0.873. The minimum absolute atomic E-state index is 0.0370. The van der Waals surface area contributed by atoms with Gasteiger partial charge >= 0.3 is 5.97 Å². The van der Waals surface area contributed by atoms with Gasteiger partial charge in [-0.2, -0.15) is 0 Å². The van der Waals surface area contributed by atoms with Crippen molar-refractivity contribution in [3.05, 3.63) is 53.7 Å². The Morgan fingerprint density at radius 3 is 2.54 bits per heavy atom. The van der Waals surface area contributed by atoms with Crippen LogP contribution < -0.4 is 5.32 Å². The van der Waals surface area contributed by atoms with Crippen molar-refractivity contribution >= 4 is 23.5 Å². The van der Waals surface area contributed by atoms with E-state index < -0.39 is 17.7 Å². The van der Waals surface area contributed by atoms with Crippen molar-refractivity contribution in [1.82, 2.24) is 4.90 Å². The van der Waals surface area contributed by atoms with E-state index in [-0.39, 0.29) is 23.1 Å². The summed E-state index contributed by atoms with van der Waals surface area (Å²) >= 11 is 0. The maximum atomic E-state index is 13.2. The molecule has 0 radical (unpaired) electrons. The summed E-state index contributed by atoms with van der Waals surface area (Å²) < 4.78 is 18.2. The Hall–Kier alpha value is -3.16. The highest BCUT2D eigenvalue weighted by Crippen LogP contribution is 2.22. The van der Waals surface area contributed by atoms with Gasteiger partial charge in [0.25, 0.3) is 5.91 Å². The van der Waals surface area contributed by atoms with E-state index in [4.69, 9.17) is 9.52 Å². The summed E-state index contributed by atoms with van der Waals surface area (Å²) in [6.45, 7) is 0.701. The number of rotatable bonds is 4. The molecule has 3 rings (SSSR count). The van der Waals surface area contributed by atoms with Crippen molar-refractivity contribution in [2.45, 2.75) is 12.8 Å². The van der Waals surface area contributed by atoms with E-state index in [1.807, 2.05) is 0 Å². The molecule has 1 aliphatic heterocycles. The van der Waals surface area contributed by atoms with Crippen molar-refractivity contribution in [2.75, 3.05) is 18.4 Å². The average molecular weight is 360 g/mol. The molecule has 2 amide bonds. The molecule has 2 aromatic rings. The van der Waals surface area contributed by atoms with Crippen molar-refractivity contribution in [3.63, 3.8) is 0 Å². The molecule has 1 aromatic carbocycles. The molecular formula is C18H17FN2O5. The van der Waals surface area contributed by atoms with E-state index in [9.17, 15) is 18.8 Å². The predicted molar refractivity (Wildman–Crippen MR) is 89.3 cm³/mol. The SMILES string of the molecule is O=C(O)c1coc(C(=O)N2CCC(C(=O)Nc3cccc(F)c3)CC2)c1. The molecule has 0 atom stereocenters. The second kappa shape index (κ2) is 7.38. The first-order chi connectivity index (χ1) is 12.4. The monoisotopic (exact) mass is 360 g/mol. The van der Waals surface area contributed by atoms with Gasteiger partial charge in [-0.3, -0.25) is 9.59 Å². The second-order valence-electron chi connectivity index (χ2n) is 6.07. The van der Waals surface area contributed by atoms with Gasteiger partial charge < -0.3 is 19.7 Å². The molecule has 8 heteroatoms. The second-order valence-corrected chi connectivity index (χ2v) is 6.07. The number of nitrogens with one attached hydrogen (secondary N) is 1. The van der Waals surface area contributed by atoms with Crippen LogP contribution in [-0.2, 0) is 4.79 Å². The van der Waals surface area contributed by atoms with E-state index in [1.165, 1.54) is 29.2 Å². The van der Waals surface area contributed by atoms with Crippen molar-refractivity contribution in [2.24, 2.45) is 5.92 Å². The maximum Gasteiger partial charge on any atom is 0.338 e. The number of carboxylic acid groups (broad SMARTS) is 1. The molecule has 1 fully saturated rings. The maximum absolute atomic E-state index is 13.2. The number of aromatic carboxylic acids is 1. The topological polar surface area (TPSA) is 99.8 Å². The Balaban J connectivity index is 1.55. The number of halogens is 1. The van der Waals surface area contributed by atoms with Gasteiger partial charge in [-0.05, 0) is 31.0 Å². The van der Waals surface area contributed by atoms with Crippen LogP contribution in [0.25, 0.3) is 0 Å². The van der Waals surface area contributed by atoms with E-state index in [1.54, 1.807) is 6.07 Å². The number of amides is 2. The lowest BCUT2D eigenvalue weighted by Crippen LogP contribution is -2.41. The molecule has 1 aromatic heterocycles. The molecule has 1 saturated heterocycles. The summed E-state index contributed by atoms with van der Waals surface area (Å²) in [5.41, 5.74) is 0.308. The summed E-state index contributed by atoms with van der Waals surface area (Å²) in [5.74, 6) is -2.53. The van der Waals surface area contributed by atoms with Crippen LogP contribution in [0, 0.1) is 11.7 Å². The van der Waals surface area contributed by atoms with Crippen LogP contribution in [-0.4, -0.2) is 40.9 Å². The highest BCUT2D eigenvalue weighted by molar-refractivity contribution is 5.96. The first-order valence-corrected chi connectivity index (χ1v) is 8.11. The van der Waals surface area contributed by atoms with Crippen LogP contribution in [0.1, 0.15) is 33.8 Å². The third-order valence-electron chi connectivity index (χ3n) is 4.30. The molecule has 0 saturated carbocycles. The van der Waals surface area contributed by atoms with E-state index in [2.05, 4.69) is 5.32 Å². The summed E-state index contributed by atoms with van der Waals surface area (Å²) in [4.78, 5) is 37.0. The molecule has 0 aliphatic carbocycles. The van der Waals surface area contributed by atoms with Crippen LogP contribution in [0.2, 0.25) is 0 Å². The molecular weight excluding hydrogens is 343 g/mol. The number of anilines is 1. The predicted octanol–water partition coefficient (Wildman–Crippen LogP) is 2.61. The van der Waals surface area contributed by atoms with Crippen molar-refractivity contribution in [3.8, 4) is 0 Å². The fraction of sp³-hybridized carbons (Fsp3) is 0.278. The summed E-state index contributed by atoms with van der Waals surface area (Å²) in [7, 11) is 0. The molecule has 26 heavy (non-hydrogen) atoms. The van der Waals surface area contributed by atoms with Gasteiger partial charge in [0.2, 0.25) is 5.91 Å². The van der Waals surface area contributed by atoms with Gasteiger partial charge in [0.15, 0.2) is 5.76 Å². The number of hydrogen-bond acceptors (Lipinski definition) is 4. The first-order valence-electron chi connectivity index (χ1n) is 8.11. The van der Waals surface area contributed by atoms with Gasteiger partial charge in [0.1, 0.15) is 12.1 Å². The Morgan fingerprint density at radius 2 is 1.92 bits per heavy atom. The third kappa shape index (κ3) is 3.90. The van der Waals surface area contributed by atoms with Crippen LogP contribution >= 0.6 is 0 Å². The standard InChI is InChI=1S/C18H17FN2O5/c19-13-2-1-3-14(9-13)20-16(22)11-4-6-21(7-5-11)17(23)15-8-12(10-26-15)18(24)25/h1-3,8-11H,4-7H2,(H,20,22)(H,24,25). The fourth-order valence-electron chi connectivity index (χ4n) is 2.87. The highest BCUT2D eigenvalue weighted by atomic mass is 19.1. The number of nitrogens with zero attached hydrogens (tertiary/aromatic N) is 1. The van der Waals surface area contributed by atoms with Crippen LogP contribution in [0.3, 0.4) is 0 Å². The normalized spacial score (nSPS) is 14.9. The molecule has 0 unspecified atom stereocenters. The molecule has 2 N–H and O–H groups in total. The highest BCUT2D eigenvalue weighted by Gasteiger charge is 2.29. The molecule has 1 aliphatic rings. The van der Waals surface area contributed by atoms with Gasteiger partial charge in [-0.25, -0.2) is 9.18 Å². The largest absolute Gasteiger partial charge is 0.478 e. The summed E-state index contributed by atoms with van der Waals surface area (Å²) in [6.07, 6.45) is 1.94. The Labute approximate surface area is 148 Å². The number of furan rings is 1. The van der Waals surface area contributed by atoms with Gasteiger partial charge in [0.05, 0.1) is 5.56 Å². The Kier molecular flexibility index (Phi) is 5.01. The van der Waals surface area contributed by atoms with Gasteiger partial charge in [-0.1, -0.05) is 6.07 Å². The lowest BCUT2D eigenvalue weighted by atomic mass is 9.95. The van der Waals surface area contributed by atoms with Crippen molar-refractivity contribution in [1.29, 1.82) is 0 Å². The zero-order valence-corrected chi connectivity index (χ0v) is 13.8. The van der Waals surface area contributed by atoms with E-state index >= 15 is 0 Å². The minimum Gasteiger partial charge on any atom is -0.478 e. The number of hydrogen-bond donors (Lipinski definition) is 2. The third-order valence-corrected chi connectivity index (χ3v) is 4.30. The Morgan fingerprint density at radius 1 is 1.19 bits per heavy atom. The van der Waals surface area contributed by atoms with E-state index in [0.717, 1.165) is 6.26 Å². The van der Waals surface area contributed by atoms with Gasteiger partial charge in [-0.15, -0.1) is 0 Å². The number of carbonyl (C=O) groups is 3.